The van der Waals surface area contributed by atoms with E-state index in [1.54, 1.807) is 13.8 Å². The maximum absolute atomic E-state index is 10.7. The van der Waals surface area contributed by atoms with Gasteiger partial charge in [0.15, 0.2) is 0 Å². The Labute approximate surface area is 71.3 Å². The van der Waals surface area contributed by atoms with Crippen LogP contribution in [0.1, 0.15) is 13.8 Å². The summed E-state index contributed by atoms with van der Waals surface area (Å²) in [4.78, 5) is 21.4. The number of nitrogens with one attached hydrogen (secondary N) is 1. The van der Waals surface area contributed by atoms with Gasteiger partial charge in [-0.05, 0) is 5.92 Å². The maximum Gasteiger partial charge on any atom is 0.407 e. The van der Waals surface area contributed by atoms with E-state index in [9.17, 15) is 9.59 Å². The molecular weight excluding hydrogens is 160 g/mol. The second kappa shape index (κ2) is 4.58. The van der Waals surface area contributed by atoms with Gasteiger partial charge in [-0.1, -0.05) is 13.8 Å². The van der Waals surface area contributed by atoms with Crippen molar-refractivity contribution in [2.45, 2.75) is 19.9 Å². The van der Waals surface area contributed by atoms with E-state index in [0.717, 1.165) is 0 Å². The summed E-state index contributed by atoms with van der Waals surface area (Å²) in [5.74, 6) is -0.600. The second-order valence-corrected chi connectivity index (χ2v) is 2.76. The Morgan fingerprint density at radius 3 is 2.17 bits per heavy atom. The van der Waals surface area contributed by atoms with Gasteiger partial charge in [0.1, 0.15) is 6.04 Å². The Morgan fingerprint density at radius 2 is 1.92 bits per heavy atom. The van der Waals surface area contributed by atoms with Crippen molar-refractivity contribution in [1.82, 2.24) is 5.32 Å². The molecule has 0 spiro atoms. The van der Waals surface area contributed by atoms with Gasteiger partial charge in [0, 0.05) is 0 Å². The zero-order chi connectivity index (χ0) is 9.72. The first-order chi connectivity index (χ1) is 5.49. The Morgan fingerprint density at radius 1 is 1.42 bits per heavy atom. The van der Waals surface area contributed by atoms with Crippen LogP contribution in [-0.4, -0.2) is 25.2 Å². The van der Waals surface area contributed by atoms with Crippen molar-refractivity contribution in [2.24, 2.45) is 11.7 Å². The Balaban J connectivity index is 4.14. The molecule has 0 aliphatic heterocycles. The summed E-state index contributed by atoms with van der Waals surface area (Å²) in [6.45, 7) is 3.57. The first kappa shape index (κ1) is 10.7. The Bertz CT molecular complexity index is 179. The third-order valence-corrected chi connectivity index (χ3v) is 1.43. The molecule has 5 nitrogen and oxygen atoms in total. The van der Waals surface area contributed by atoms with Crippen LogP contribution in [-0.2, 0) is 9.53 Å². The van der Waals surface area contributed by atoms with E-state index in [0.29, 0.717) is 0 Å². The molecule has 0 aliphatic rings. The molecule has 0 aromatic carbocycles. The molecule has 70 valence electrons. The summed E-state index contributed by atoms with van der Waals surface area (Å²) >= 11 is 0. The molecule has 0 aliphatic carbocycles. The zero-order valence-electron chi connectivity index (χ0n) is 7.46. The van der Waals surface area contributed by atoms with E-state index < -0.39 is 18.0 Å². The quantitative estimate of drug-likeness (QED) is 0.624. The lowest BCUT2D eigenvalue weighted by Crippen LogP contribution is -2.47. The summed E-state index contributed by atoms with van der Waals surface area (Å²) < 4.78 is 4.32. The van der Waals surface area contributed by atoms with E-state index >= 15 is 0 Å². The molecule has 0 unspecified atom stereocenters. The van der Waals surface area contributed by atoms with Crippen molar-refractivity contribution < 1.29 is 14.3 Å². The predicted octanol–water partition coefficient (Wildman–Crippen LogP) is -0.148. The SMILES string of the molecule is COC(=O)N[C@H](C(N)=O)C(C)C. The monoisotopic (exact) mass is 174 g/mol. The number of hydrogen-bond donors (Lipinski definition) is 2. The van der Waals surface area contributed by atoms with Crippen LogP contribution < -0.4 is 11.1 Å². The van der Waals surface area contributed by atoms with Gasteiger partial charge in [-0.25, -0.2) is 4.79 Å². The summed E-state index contributed by atoms with van der Waals surface area (Å²) in [6, 6.07) is -0.669. The molecule has 0 radical (unpaired) electrons. The lowest BCUT2D eigenvalue weighted by atomic mass is 10.0. The number of nitrogens with two attached hydrogens (primary N) is 1. The minimum Gasteiger partial charge on any atom is -0.453 e. The smallest absolute Gasteiger partial charge is 0.407 e. The predicted molar refractivity (Wildman–Crippen MR) is 43.4 cm³/mol. The average Bonchev–Trinajstić information content (AvgIpc) is 1.98. The molecule has 0 heterocycles. The van der Waals surface area contributed by atoms with Gasteiger partial charge < -0.3 is 15.8 Å². The molecule has 0 aromatic rings. The highest BCUT2D eigenvalue weighted by molar-refractivity contribution is 5.84. The molecule has 0 saturated carbocycles. The van der Waals surface area contributed by atoms with Crippen LogP contribution in [0, 0.1) is 5.92 Å². The van der Waals surface area contributed by atoms with Crippen LogP contribution in [0.2, 0.25) is 0 Å². The number of carbonyl (C=O) groups is 2. The number of methoxy groups -OCH3 is 1. The van der Waals surface area contributed by atoms with Crippen molar-refractivity contribution in [3.8, 4) is 0 Å². The molecule has 0 fully saturated rings. The normalized spacial score (nSPS) is 12.3. The highest BCUT2D eigenvalue weighted by Gasteiger charge is 2.21. The second-order valence-electron chi connectivity index (χ2n) is 2.76. The van der Waals surface area contributed by atoms with Crippen LogP contribution in [0.3, 0.4) is 0 Å². The van der Waals surface area contributed by atoms with Gasteiger partial charge in [-0.15, -0.1) is 0 Å². The van der Waals surface area contributed by atoms with Crippen molar-refractivity contribution in [3.63, 3.8) is 0 Å². The molecule has 3 N–H and O–H groups in total. The highest BCUT2D eigenvalue weighted by Crippen LogP contribution is 2.00. The number of carbonyl (C=O) groups excluding carboxylic acids is 2. The molecular formula is C7H14N2O3. The molecule has 12 heavy (non-hydrogen) atoms. The van der Waals surface area contributed by atoms with Gasteiger partial charge in [-0.3, -0.25) is 4.79 Å². The minimum absolute atomic E-state index is 0.0402. The van der Waals surface area contributed by atoms with Crippen molar-refractivity contribution in [3.05, 3.63) is 0 Å². The fourth-order valence-corrected chi connectivity index (χ4v) is 0.752. The molecule has 0 rings (SSSR count). The first-order valence-corrected chi connectivity index (χ1v) is 3.62. The number of ether oxygens (including phenoxy) is 1. The zero-order valence-corrected chi connectivity index (χ0v) is 7.46. The fourth-order valence-electron chi connectivity index (χ4n) is 0.752. The Kier molecular flexibility index (Phi) is 4.10. The van der Waals surface area contributed by atoms with Gasteiger partial charge in [0.05, 0.1) is 7.11 Å². The van der Waals surface area contributed by atoms with E-state index in [2.05, 4.69) is 10.1 Å². The van der Waals surface area contributed by atoms with E-state index in [1.807, 2.05) is 0 Å². The third kappa shape index (κ3) is 3.23. The summed E-state index contributed by atoms with van der Waals surface area (Å²) in [5.41, 5.74) is 5.03. The lowest BCUT2D eigenvalue weighted by Gasteiger charge is -2.17. The van der Waals surface area contributed by atoms with Crippen molar-refractivity contribution in [2.75, 3.05) is 7.11 Å². The molecule has 2 amide bonds. The van der Waals surface area contributed by atoms with Crippen LogP contribution in [0.15, 0.2) is 0 Å². The molecule has 0 saturated heterocycles. The number of primary amides is 1. The number of rotatable bonds is 3. The molecule has 1 atom stereocenters. The van der Waals surface area contributed by atoms with Gasteiger partial charge >= 0.3 is 6.09 Å². The summed E-state index contributed by atoms with van der Waals surface area (Å²) in [5, 5.41) is 2.33. The average molecular weight is 174 g/mol. The maximum atomic E-state index is 10.7. The van der Waals surface area contributed by atoms with Crippen molar-refractivity contribution in [1.29, 1.82) is 0 Å². The van der Waals surface area contributed by atoms with E-state index in [1.165, 1.54) is 7.11 Å². The van der Waals surface area contributed by atoms with Crippen molar-refractivity contribution >= 4 is 12.0 Å². The van der Waals surface area contributed by atoms with Crippen LogP contribution >= 0.6 is 0 Å². The molecule has 5 heteroatoms. The van der Waals surface area contributed by atoms with Crippen LogP contribution in [0.4, 0.5) is 4.79 Å². The fraction of sp³-hybridized carbons (Fsp3) is 0.714. The topological polar surface area (TPSA) is 81.4 Å². The summed E-state index contributed by atoms with van der Waals surface area (Å²) in [7, 11) is 1.23. The van der Waals surface area contributed by atoms with E-state index in [-0.39, 0.29) is 5.92 Å². The number of hydrogen-bond acceptors (Lipinski definition) is 3. The lowest BCUT2D eigenvalue weighted by molar-refractivity contribution is -0.120. The molecule has 0 aromatic heterocycles. The highest BCUT2D eigenvalue weighted by atomic mass is 16.5. The number of amides is 2. The van der Waals surface area contributed by atoms with Gasteiger partial charge in [-0.2, -0.15) is 0 Å². The largest absolute Gasteiger partial charge is 0.453 e. The van der Waals surface area contributed by atoms with E-state index in [4.69, 9.17) is 5.73 Å². The number of alkyl carbamates (subject to hydrolysis) is 1. The summed E-state index contributed by atoms with van der Waals surface area (Å²) in [6.07, 6.45) is -0.646. The molecule has 0 bridgehead atoms. The third-order valence-electron chi connectivity index (χ3n) is 1.43. The first-order valence-electron chi connectivity index (χ1n) is 3.62. The standard InChI is InChI=1S/C7H14N2O3/c1-4(2)5(6(8)10)9-7(11)12-3/h4-5H,1-3H3,(H2,8,10)(H,9,11)/t5-/m0/s1. The van der Waals surface area contributed by atoms with Crippen LogP contribution in [0.5, 0.6) is 0 Å². The van der Waals surface area contributed by atoms with Gasteiger partial charge in [0.25, 0.3) is 0 Å². The van der Waals surface area contributed by atoms with Gasteiger partial charge in [0.2, 0.25) is 5.91 Å². The minimum atomic E-state index is -0.669. The van der Waals surface area contributed by atoms with Crippen LogP contribution in [0.25, 0.3) is 0 Å². The Hall–Kier alpha value is -1.26.